The molecule has 0 bridgehead atoms. The molecule has 0 aliphatic heterocycles. The number of rotatable bonds is 5. The number of nitrogens with zero attached hydrogens (tertiary/aromatic N) is 1. The molecule has 0 fully saturated rings. The summed E-state index contributed by atoms with van der Waals surface area (Å²) in [4.78, 5) is 10.5. The van der Waals surface area contributed by atoms with Crippen LogP contribution in [-0.4, -0.2) is 4.92 Å². The van der Waals surface area contributed by atoms with Crippen molar-refractivity contribution < 1.29 is 9.66 Å². The Hall–Kier alpha value is -1.59. The van der Waals surface area contributed by atoms with Crippen LogP contribution in [0.5, 0.6) is 11.5 Å². The molecule has 0 N–H and O–H groups in total. The molecule has 0 aliphatic rings. The maximum atomic E-state index is 10.9. The van der Waals surface area contributed by atoms with Crippen LogP contribution in [0.1, 0.15) is 18.1 Å². The summed E-state index contributed by atoms with van der Waals surface area (Å²) in [6, 6.07) is 10.1. The highest BCUT2D eigenvalue weighted by atomic mass is 79.9. The summed E-state index contributed by atoms with van der Waals surface area (Å²) >= 11 is 9.32. The maximum Gasteiger partial charge on any atom is 0.273 e. The zero-order valence-electron chi connectivity index (χ0n) is 11.3. The first-order valence-electron chi connectivity index (χ1n) is 6.34. The molecule has 0 saturated heterocycles. The molecule has 2 rings (SSSR count). The van der Waals surface area contributed by atoms with E-state index in [4.69, 9.17) is 16.3 Å². The van der Waals surface area contributed by atoms with E-state index < -0.39 is 4.92 Å². The summed E-state index contributed by atoms with van der Waals surface area (Å²) in [5.41, 5.74) is 1.64. The number of halogens is 2. The minimum Gasteiger partial charge on any atom is -0.457 e. The zero-order chi connectivity index (χ0) is 15.4. The normalized spacial score (nSPS) is 10.4. The van der Waals surface area contributed by atoms with E-state index in [1.807, 2.05) is 13.0 Å². The summed E-state index contributed by atoms with van der Waals surface area (Å²) < 4.78 is 5.75. The Balaban J connectivity index is 2.29. The van der Waals surface area contributed by atoms with Crippen LogP contribution in [0.3, 0.4) is 0 Å². The van der Waals surface area contributed by atoms with Gasteiger partial charge >= 0.3 is 0 Å². The van der Waals surface area contributed by atoms with Gasteiger partial charge in [-0.2, -0.15) is 0 Å². The van der Waals surface area contributed by atoms with Gasteiger partial charge < -0.3 is 4.74 Å². The van der Waals surface area contributed by atoms with Crippen LogP contribution >= 0.6 is 27.5 Å². The Labute approximate surface area is 136 Å². The van der Waals surface area contributed by atoms with Gasteiger partial charge in [0.1, 0.15) is 11.5 Å². The van der Waals surface area contributed by atoms with Crippen molar-refractivity contribution in [1.29, 1.82) is 0 Å². The Morgan fingerprint density at radius 2 is 1.81 bits per heavy atom. The summed E-state index contributed by atoms with van der Waals surface area (Å²) in [6.45, 7) is 2.01. The number of nitro groups is 1. The topological polar surface area (TPSA) is 52.4 Å². The van der Waals surface area contributed by atoms with Gasteiger partial charge in [0.2, 0.25) is 0 Å². The lowest BCUT2D eigenvalue weighted by Gasteiger charge is -2.09. The van der Waals surface area contributed by atoms with E-state index in [0.29, 0.717) is 27.4 Å². The number of hydrogen-bond acceptors (Lipinski definition) is 3. The van der Waals surface area contributed by atoms with Gasteiger partial charge in [-0.3, -0.25) is 10.1 Å². The predicted molar refractivity (Wildman–Crippen MR) is 86.6 cm³/mol. The average molecular weight is 371 g/mol. The number of hydrogen-bond donors (Lipinski definition) is 0. The Bertz CT molecular complexity index is 676. The lowest BCUT2D eigenvalue weighted by molar-refractivity contribution is -0.385. The van der Waals surface area contributed by atoms with E-state index in [0.717, 1.165) is 12.0 Å². The highest BCUT2D eigenvalue weighted by Gasteiger charge is 2.14. The van der Waals surface area contributed by atoms with Crippen LogP contribution in [0.4, 0.5) is 5.69 Å². The Morgan fingerprint density at radius 1 is 1.19 bits per heavy atom. The summed E-state index contributed by atoms with van der Waals surface area (Å²) in [5, 5.41) is 12.0. The van der Waals surface area contributed by atoms with E-state index >= 15 is 0 Å². The van der Waals surface area contributed by atoms with Crippen LogP contribution in [0.15, 0.2) is 36.4 Å². The smallest absolute Gasteiger partial charge is 0.273 e. The molecule has 0 heterocycles. The van der Waals surface area contributed by atoms with Gasteiger partial charge in [-0.05, 0) is 42.3 Å². The number of ether oxygens (including phenoxy) is 1. The van der Waals surface area contributed by atoms with Crippen LogP contribution in [0.25, 0.3) is 0 Å². The second-order valence-electron chi connectivity index (χ2n) is 4.39. The van der Waals surface area contributed by atoms with Crippen molar-refractivity contribution in [3.63, 3.8) is 0 Å². The van der Waals surface area contributed by atoms with Crippen LogP contribution in [-0.2, 0) is 11.8 Å². The van der Waals surface area contributed by atoms with Gasteiger partial charge in [-0.1, -0.05) is 34.5 Å². The molecule has 0 aromatic heterocycles. The average Bonchev–Trinajstić information content (AvgIpc) is 2.48. The van der Waals surface area contributed by atoms with E-state index in [-0.39, 0.29) is 5.69 Å². The molecule has 0 unspecified atom stereocenters. The zero-order valence-corrected chi connectivity index (χ0v) is 13.6. The van der Waals surface area contributed by atoms with Crippen molar-refractivity contribution in [2.75, 3.05) is 0 Å². The van der Waals surface area contributed by atoms with Crippen LogP contribution in [0, 0.1) is 10.1 Å². The SMILES string of the molecule is CCc1cc(Oc2ccc([N+](=O)[O-])c(CBr)c2)ccc1Cl. The number of alkyl halides is 1. The molecule has 0 spiro atoms. The summed E-state index contributed by atoms with van der Waals surface area (Å²) in [6.07, 6.45) is 0.808. The fourth-order valence-electron chi connectivity index (χ4n) is 1.93. The molecule has 110 valence electrons. The van der Waals surface area contributed by atoms with Crippen molar-refractivity contribution in [1.82, 2.24) is 0 Å². The van der Waals surface area contributed by atoms with Gasteiger partial charge in [0.25, 0.3) is 5.69 Å². The lowest BCUT2D eigenvalue weighted by Crippen LogP contribution is -1.94. The van der Waals surface area contributed by atoms with Crippen LogP contribution < -0.4 is 4.74 Å². The summed E-state index contributed by atoms with van der Waals surface area (Å²) in [5.74, 6) is 1.21. The van der Waals surface area contributed by atoms with Gasteiger partial charge in [-0.25, -0.2) is 0 Å². The molecule has 0 radical (unpaired) electrons. The van der Waals surface area contributed by atoms with Gasteiger partial charge in [0.05, 0.1) is 4.92 Å². The van der Waals surface area contributed by atoms with E-state index in [9.17, 15) is 10.1 Å². The van der Waals surface area contributed by atoms with E-state index in [2.05, 4.69) is 15.9 Å². The quantitative estimate of drug-likeness (QED) is 0.397. The first-order chi connectivity index (χ1) is 10.0. The van der Waals surface area contributed by atoms with Gasteiger partial charge in [-0.15, -0.1) is 0 Å². The maximum absolute atomic E-state index is 10.9. The van der Waals surface area contributed by atoms with Crippen molar-refractivity contribution in [2.45, 2.75) is 18.7 Å². The fraction of sp³-hybridized carbons (Fsp3) is 0.200. The monoisotopic (exact) mass is 369 g/mol. The Kier molecular flexibility index (Phi) is 5.20. The largest absolute Gasteiger partial charge is 0.457 e. The van der Waals surface area contributed by atoms with Crippen molar-refractivity contribution >= 4 is 33.2 Å². The molecule has 21 heavy (non-hydrogen) atoms. The molecule has 2 aromatic carbocycles. The molecular weight excluding hydrogens is 358 g/mol. The molecular formula is C15H13BrClNO3. The van der Waals surface area contributed by atoms with Crippen molar-refractivity contribution in [3.05, 3.63) is 62.7 Å². The molecule has 0 saturated carbocycles. The first kappa shape index (κ1) is 15.8. The second kappa shape index (κ2) is 6.91. The molecule has 6 heteroatoms. The fourth-order valence-corrected chi connectivity index (χ4v) is 2.63. The number of nitro benzene ring substituents is 1. The van der Waals surface area contributed by atoms with Crippen molar-refractivity contribution in [3.8, 4) is 11.5 Å². The van der Waals surface area contributed by atoms with E-state index in [1.54, 1.807) is 24.3 Å². The van der Waals surface area contributed by atoms with Gasteiger partial charge in [0, 0.05) is 22.0 Å². The standard InChI is InChI=1S/C15H13BrClNO3/c1-2-10-7-12(3-5-14(10)17)21-13-4-6-15(18(19)20)11(8-13)9-16/h3-8H,2,9H2,1H3. The third-order valence-corrected chi connectivity index (χ3v) is 4.00. The van der Waals surface area contributed by atoms with Gasteiger partial charge in [0.15, 0.2) is 0 Å². The third kappa shape index (κ3) is 3.74. The van der Waals surface area contributed by atoms with Crippen molar-refractivity contribution in [2.24, 2.45) is 0 Å². The molecule has 2 aromatic rings. The number of aryl methyl sites for hydroxylation is 1. The first-order valence-corrected chi connectivity index (χ1v) is 7.84. The summed E-state index contributed by atoms with van der Waals surface area (Å²) in [7, 11) is 0. The molecule has 0 amide bonds. The Morgan fingerprint density at radius 3 is 2.38 bits per heavy atom. The second-order valence-corrected chi connectivity index (χ2v) is 5.36. The third-order valence-electron chi connectivity index (χ3n) is 3.03. The van der Waals surface area contributed by atoms with E-state index in [1.165, 1.54) is 6.07 Å². The minimum absolute atomic E-state index is 0.0737. The predicted octanol–water partition coefficient (Wildman–Crippen LogP) is 5.50. The highest BCUT2D eigenvalue weighted by Crippen LogP contribution is 2.30. The minimum atomic E-state index is -0.405. The highest BCUT2D eigenvalue weighted by molar-refractivity contribution is 9.08. The number of benzene rings is 2. The molecule has 0 aliphatic carbocycles. The van der Waals surface area contributed by atoms with Crippen LogP contribution in [0.2, 0.25) is 5.02 Å². The molecule has 4 nitrogen and oxygen atoms in total. The lowest BCUT2D eigenvalue weighted by atomic mass is 10.1. The molecule has 0 atom stereocenters.